The summed E-state index contributed by atoms with van der Waals surface area (Å²) in [5, 5.41) is 9.50. The molecule has 2 rings (SSSR count). The molecule has 7 heteroatoms. The summed E-state index contributed by atoms with van der Waals surface area (Å²) in [4.78, 5) is 30.8. The van der Waals surface area contributed by atoms with Gasteiger partial charge in [-0.1, -0.05) is 35.0 Å². The van der Waals surface area contributed by atoms with Crippen LogP contribution in [0.5, 0.6) is 0 Å². The molecule has 1 aliphatic rings. The Kier molecular flexibility index (Phi) is 6.52. The van der Waals surface area contributed by atoms with Crippen molar-refractivity contribution in [2.45, 2.75) is 32.4 Å². The van der Waals surface area contributed by atoms with Crippen LogP contribution >= 0.6 is 0 Å². The van der Waals surface area contributed by atoms with Gasteiger partial charge in [-0.25, -0.2) is 0 Å². The quantitative estimate of drug-likeness (QED) is 0.607. The van der Waals surface area contributed by atoms with Crippen molar-refractivity contribution in [3.8, 4) is 0 Å². The minimum Gasteiger partial charge on any atom is -0.382 e. The average Bonchev–Trinajstić information content (AvgIpc) is 3.05. The number of benzene rings is 1. The molecule has 1 aromatic rings. The zero-order valence-corrected chi connectivity index (χ0v) is 15.3. The maximum atomic E-state index is 12.3. The Morgan fingerprint density at radius 2 is 2.00 bits per heavy atom. The Morgan fingerprint density at radius 3 is 2.64 bits per heavy atom. The van der Waals surface area contributed by atoms with Crippen LogP contribution in [0, 0.1) is 6.92 Å². The summed E-state index contributed by atoms with van der Waals surface area (Å²) in [5.41, 5.74) is 2.84. The lowest BCUT2D eigenvalue weighted by atomic mass is 10.0. The van der Waals surface area contributed by atoms with E-state index in [9.17, 15) is 9.59 Å². The number of aryl methyl sites for hydroxylation is 1. The fourth-order valence-corrected chi connectivity index (χ4v) is 2.40. The van der Waals surface area contributed by atoms with Crippen LogP contribution in [0.4, 0.5) is 0 Å². The molecule has 0 saturated heterocycles. The molecule has 0 unspecified atom stereocenters. The summed E-state index contributed by atoms with van der Waals surface area (Å²) in [5.74, 6) is -0.529. The van der Waals surface area contributed by atoms with Gasteiger partial charge < -0.3 is 20.4 Å². The van der Waals surface area contributed by atoms with Crippen LogP contribution in [0.2, 0.25) is 0 Å². The van der Waals surface area contributed by atoms with Crippen LogP contribution in [0.1, 0.15) is 24.5 Å². The van der Waals surface area contributed by atoms with E-state index in [1.54, 1.807) is 6.92 Å². The van der Waals surface area contributed by atoms with E-state index in [4.69, 9.17) is 4.84 Å². The third-order valence-electron chi connectivity index (χ3n) is 4.02. The Bertz CT molecular complexity index is 640. The van der Waals surface area contributed by atoms with Gasteiger partial charge in [-0.15, -0.1) is 0 Å². The van der Waals surface area contributed by atoms with E-state index in [1.807, 2.05) is 45.3 Å². The fourth-order valence-electron chi connectivity index (χ4n) is 2.40. The fraction of sp³-hybridized carbons (Fsp3) is 0.500. The topological polar surface area (TPSA) is 84.2 Å². The van der Waals surface area contributed by atoms with Gasteiger partial charge in [-0.05, 0) is 19.4 Å². The van der Waals surface area contributed by atoms with E-state index in [0.717, 1.165) is 23.4 Å². The minimum absolute atomic E-state index is 0.202. The molecule has 136 valence electrons. The SMILES string of the molecule is Cc1ccc(C2=NO[C@@H](C(=O)N[C@@H](C)C(=O)NCC[NH+](C)C)C2)cc1. The molecular formula is C18H27N4O3+. The summed E-state index contributed by atoms with van der Waals surface area (Å²) in [6.45, 7) is 5.07. The first-order valence-corrected chi connectivity index (χ1v) is 8.53. The Labute approximate surface area is 148 Å². The summed E-state index contributed by atoms with van der Waals surface area (Å²) in [6.07, 6.45) is -0.300. The second kappa shape index (κ2) is 8.62. The van der Waals surface area contributed by atoms with Crippen LogP contribution < -0.4 is 15.5 Å². The number of amides is 2. The van der Waals surface area contributed by atoms with Crippen molar-refractivity contribution in [2.24, 2.45) is 5.16 Å². The number of nitrogens with zero attached hydrogens (tertiary/aromatic N) is 1. The van der Waals surface area contributed by atoms with Crippen LogP contribution in [-0.4, -0.2) is 56.9 Å². The average molecular weight is 347 g/mol. The highest BCUT2D eigenvalue weighted by molar-refractivity contribution is 6.04. The van der Waals surface area contributed by atoms with Crippen molar-refractivity contribution in [2.75, 3.05) is 27.2 Å². The monoisotopic (exact) mass is 347 g/mol. The molecule has 1 heterocycles. The number of rotatable bonds is 7. The molecule has 0 spiro atoms. The van der Waals surface area contributed by atoms with E-state index in [1.165, 1.54) is 4.90 Å². The van der Waals surface area contributed by atoms with Gasteiger partial charge in [0.25, 0.3) is 5.91 Å². The van der Waals surface area contributed by atoms with E-state index >= 15 is 0 Å². The summed E-state index contributed by atoms with van der Waals surface area (Å²) in [7, 11) is 4.03. The normalized spacial score (nSPS) is 17.6. The first-order valence-electron chi connectivity index (χ1n) is 8.53. The highest BCUT2D eigenvalue weighted by atomic mass is 16.6. The molecule has 7 nitrogen and oxygen atoms in total. The Morgan fingerprint density at radius 1 is 1.32 bits per heavy atom. The maximum Gasteiger partial charge on any atom is 0.264 e. The molecule has 0 radical (unpaired) electrons. The van der Waals surface area contributed by atoms with Crippen molar-refractivity contribution < 1.29 is 19.3 Å². The predicted octanol–water partition coefficient (Wildman–Crippen LogP) is -0.747. The molecule has 0 saturated carbocycles. The van der Waals surface area contributed by atoms with Crippen molar-refractivity contribution in [3.63, 3.8) is 0 Å². The van der Waals surface area contributed by atoms with Gasteiger partial charge in [0.15, 0.2) is 0 Å². The minimum atomic E-state index is -0.697. The van der Waals surface area contributed by atoms with Crippen LogP contribution in [0.15, 0.2) is 29.4 Å². The van der Waals surface area contributed by atoms with Crippen molar-refractivity contribution >= 4 is 17.5 Å². The van der Waals surface area contributed by atoms with Gasteiger partial charge in [-0.3, -0.25) is 9.59 Å². The Balaban J connectivity index is 1.80. The number of carbonyl (C=O) groups excluding carboxylic acids is 2. The van der Waals surface area contributed by atoms with Gasteiger partial charge in [0.05, 0.1) is 32.9 Å². The van der Waals surface area contributed by atoms with E-state index in [2.05, 4.69) is 15.8 Å². The predicted molar refractivity (Wildman–Crippen MR) is 95.5 cm³/mol. The van der Waals surface area contributed by atoms with E-state index in [0.29, 0.717) is 13.0 Å². The van der Waals surface area contributed by atoms with Crippen LogP contribution in [0.3, 0.4) is 0 Å². The van der Waals surface area contributed by atoms with E-state index < -0.39 is 12.1 Å². The second-order valence-corrected chi connectivity index (χ2v) is 6.68. The molecule has 0 fully saturated rings. The van der Waals surface area contributed by atoms with Gasteiger partial charge in [0, 0.05) is 6.42 Å². The zero-order chi connectivity index (χ0) is 18.4. The third kappa shape index (κ3) is 5.56. The molecule has 0 aromatic heterocycles. The number of nitrogens with one attached hydrogen (secondary N) is 3. The third-order valence-corrected chi connectivity index (χ3v) is 4.02. The number of quaternary nitrogens is 1. The molecule has 2 atom stereocenters. The van der Waals surface area contributed by atoms with Crippen LogP contribution in [0.25, 0.3) is 0 Å². The first kappa shape index (κ1) is 18.9. The number of oxime groups is 1. The largest absolute Gasteiger partial charge is 0.382 e. The van der Waals surface area contributed by atoms with E-state index in [-0.39, 0.29) is 11.8 Å². The van der Waals surface area contributed by atoms with Crippen molar-refractivity contribution in [3.05, 3.63) is 35.4 Å². The molecule has 0 bridgehead atoms. The lowest BCUT2D eigenvalue weighted by Gasteiger charge is -2.16. The van der Waals surface area contributed by atoms with Gasteiger partial charge in [0.1, 0.15) is 6.04 Å². The Hall–Kier alpha value is -2.41. The summed E-state index contributed by atoms with van der Waals surface area (Å²) < 4.78 is 0. The molecule has 25 heavy (non-hydrogen) atoms. The molecular weight excluding hydrogens is 320 g/mol. The number of hydrogen-bond donors (Lipinski definition) is 3. The van der Waals surface area contributed by atoms with Crippen molar-refractivity contribution in [1.29, 1.82) is 0 Å². The highest BCUT2D eigenvalue weighted by Gasteiger charge is 2.30. The lowest BCUT2D eigenvalue weighted by Crippen LogP contribution is -3.06. The summed E-state index contributed by atoms with van der Waals surface area (Å²) >= 11 is 0. The maximum absolute atomic E-state index is 12.3. The lowest BCUT2D eigenvalue weighted by molar-refractivity contribution is -0.856. The first-order chi connectivity index (χ1) is 11.9. The molecule has 3 N–H and O–H groups in total. The standard InChI is InChI=1S/C18H26N4O3/c1-12-5-7-14(8-6-12)15-11-16(25-21-15)18(24)20-13(2)17(23)19-9-10-22(3)4/h5-8,13,16H,9-11H2,1-4H3,(H,19,23)(H,20,24)/p+1/t13-,16+/m0/s1. The van der Waals surface area contributed by atoms with Crippen LogP contribution in [-0.2, 0) is 14.4 Å². The molecule has 1 aromatic carbocycles. The number of carbonyl (C=O) groups is 2. The highest BCUT2D eigenvalue weighted by Crippen LogP contribution is 2.17. The molecule has 2 amide bonds. The number of likely N-dealkylation sites (N-methyl/N-ethyl adjacent to an activating group) is 1. The van der Waals surface area contributed by atoms with Gasteiger partial charge >= 0.3 is 0 Å². The molecule has 1 aliphatic heterocycles. The van der Waals surface area contributed by atoms with Gasteiger partial charge in [0.2, 0.25) is 12.0 Å². The second-order valence-electron chi connectivity index (χ2n) is 6.68. The smallest absolute Gasteiger partial charge is 0.264 e. The molecule has 0 aliphatic carbocycles. The number of hydrogen-bond acceptors (Lipinski definition) is 4. The van der Waals surface area contributed by atoms with Gasteiger partial charge in [-0.2, -0.15) is 0 Å². The zero-order valence-electron chi connectivity index (χ0n) is 15.3. The summed E-state index contributed by atoms with van der Waals surface area (Å²) in [6, 6.07) is 7.29. The van der Waals surface area contributed by atoms with Crippen molar-refractivity contribution in [1.82, 2.24) is 10.6 Å².